The fraction of sp³-hybridized carbons (Fsp3) is 0.368. The van der Waals surface area contributed by atoms with E-state index >= 15 is 0 Å². The number of amides is 1. The number of hydrogen-bond donors (Lipinski definition) is 0. The molecule has 1 aliphatic rings. The quantitative estimate of drug-likeness (QED) is 0.858. The zero-order chi connectivity index (χ0) is 16.9. The molecule has 0 aliphatic carbocycles. The molecular formula is C19H22N2O2S. The number of aromatic nitrogens is 1. The first-order chi connectivity index (χ1) is 11.7. The molecule has 0 unspecified atom stereocenters. The van der Waals surface area contributed by atoms with Gasteiger partial charge in [-0.25, -0.2) is 0 Å². The SMILES string of the molecule is C[C@H]1SCCN(C(=O)CCn2ccccc2=O)[C@H]1c1ccccc1. The number of carbonyl (C=O) groups is 1. The Balaban J connectivity index is 1.74. The van der Waals surface area contributed by atoms with Crippen molar-refractivity contribution in [3.05, 3.63) is 70.6 Å². The first-order valence-corrected chi connectivity index (χ1v) is 9.33. The molecule has 1 aromatic heterocycles. The molecule has 1 aliphatic heterocycles. The maximum atomic E-state index is 12.8. The second kappa shape index (κ2) is 7.71. The Morgan fingerprint density at radius 1 is 1.17 bits per heavy atom. The van der Waals surface area contributed by atoms with Gasteiger partial charge in [0.15, 0.2) is 0 Å². The molecule has 2 atom stereocenters. The van der Waals surface area contributed by atoms with Crippen LogP contribution in [0.5, 0.6) is 0 Å². The van der Waals surface area contributed by atoms with E-state index < -0.39 is 0 Å². The van der Waals surface area contributed by atoms with Gasteiger partial charge in [0.1, 0.15) is 0 Å². The van der Waals surface area contributed by atoms with Crippen molar-refractivity contribution >= 4 is 17.7 Å². The minimum atomic E-state index is -0.0625. The molecule has 0 N–H and O–H groups in total. The van der Waals surface area contributed by atoms with Crippen LogP contribution in [-0.4, -0.2) is 32.9 Å². The minimum absolute atomic E-state index is 0.0625. The second-order valence-corrected chi connectivity index (χ2v) is 7.49. The number of thioether (sulfide) groups is 1. The van der Waals surface area contributed by atoms with Gasteiger partial charge in [-0.3, -0.25) is 9.59 Å². The van der Waals surface area contributed by atoms with Crippen molar-refractivity contribution in [2.45, 2.75) is 31.2 Å². The zero-order valence-electron chi connectivity index (χ0n) is 13.8. The number of benzene rings is 1. The number of aryl methyl sites for hydroxylation is 1. The third kappa shape index (κ3) is 3.73. The Hall–Kier alpha value is -2.01. The van der Waals surface area contributed by atoms with Crippen LogP contribution >= 0.6 is 11.8 Å². The van der Waals surface area contributed by atoms with Gasteiger partial charge in [-0.1, -0.05) is 43.3 Å². The predicted molar refractivity (Wildman–Crippen MR) is 98.1 cm³/mol. The lowest BCUT2D eigenvalue weighted by Gasteiger charge is -2.40. The monoisotopic (exact) mass is 342 g/mol. The minimum Gasteiger partial charge on any atom is -0.334 e. The van der Waals surface area contributed by atoms with Crippen molar-refractivity contribution in [2.24, 2.45) is 0 Å². The highest BCUT2D eigenvalue weighted by molar-refractivity contribution is 8.00. The Kier molecular flexibility index (Phi) is 5.41. The Bertz CT molecular complexity index is 744. The van der Waals surface area contributed by atoms with E-state index in [9.17, 15) is 9.59 Å². The smallest absolute Gasteiger partial charge is 0.250 e. The van der Waals surface area contributed by atoms with E-state index in [0.717, 1.165) is 12.3 Å². The first kappa shape index (κ1) is 16.8. The van der Waals surface area contributed by atoms with Crippen LogP contribution in [0.25, 0.3) is 0 Å². The molecule has 1 aromatic carbocycles. The average molecular weight is 342 g/mol. The number of hydrogen-bond acceptors (Lipinski definition) is 3. The lowest BCUT2D eigenvalue weighted by Crippen LogP contribution is -2.44. The Morgan fingerprint density at radius 3 is 2.67 bits per heavy atom. The van der Waals surface area contributed by atoms with Crippen molar-refractivity contribution < 1.29 is 4.79 Å². The van der Waals surface area contributed by atoms with Gasteiger partial charge < -0.3 is 9.47 Å². The van der Waals surface area contributed by atoms with Gasteiger partial charge in [-0.15, -0.1) is 0 Å². The van der Waals surface area contributed by atoms with Gasteiger partial charge in [-0.2, -0.15) is 11.8 Å². The van der Waals surface area contributed by atoms with Crippen molar-refractivity contribution in [2.75, 3.05) is 12.3 Å². The summed E-state index contributed by atoms with van der Waals surface area (Å²) < 4.78 is 1.59. The van der Waals surface area contributed by atoms with Crippen LogP contribution in [0.3, 0.4) is 0 Å². The molecule has 4 nitrogen and oxygen atoms in total. The fourth-order valence-electron chi connectivity index (χ4n) is 3.21. The van der Waals surface area contributed by atoms with Crippen molar-refractivity contribution in [1.82, 2.24) is 9.47 Å². The van der Waals surface area contributed by atoms with Gasteiger partial charge in [0.25, 0.3) is 5.56 Å². The predicted octanol–water partition coefficient (Wildman–Crippen LogP) is 2.94. The Labute approximate surface area is 146 Å². The van der Waals surface area contributed by atoms with E-state index in [1.54, 1.807) is 16.8 Å². The number of nitrogens with zero attached hydrogens (tertiary/aromatic N) is 2. The first-order valence-electron chi connectivity index (χ1n) is 8.28. The molecule has 5 heteroatoms. The molecule has 0 radical (unpaired) electrons. The van der Waals surface area contributed by atoms with E-state index in [-0.39, 0.29) is 17.5 Å². The van der Waals surface area contributed by atoms with Crippen molar-refractivity contribution in [3.63, 3.8) is 0 Å². The van der Waals surface area contributed by atoms with E-state index in [4.69, 9.17) is 0 Å². The summed E-state index contributed by atoms with van der Waals surface area (Å²) in [6.07, 6.45) is 2.09. The highest BCUT2D eigenvalue weighted by Crippen LogP contribution is 2.36. The molecule has 24 heavy (non-hydrogen) atoms. The fourth-order valence-corrected chi connectivity index (χ4v) is 4.37. The van der Waals surface area contributed by atoms with Gasteiger partial charge >= 0.3 is 0 Å². The number of pyridine rings is 1. The summed E-state index contributed by atoms with van der Waals surface area (Å²) in [5, 5.41) is 0.365. The normalized spacial score (nSPS) is 20.8. The van der Waals surface area contributed by atoms with Crippen LogP contribution in [0, 0.1) is 0 Å². The van der Waals surface area contributed by atoms with Crippen LogP contribution in [0.15, 0.2) is 59.5 Å². The zero-order valence-corrected chi connectivity index (χ0v) is 14.6. The highest BCUT2D eigenvalue weighted by atomic mass is 32.2. The van der Waals surface area contributed by atoms with Crippen LogP contribution in [-0.2, 0) is 11.3 Å². The van der Waals surface area contributed by atoms with Crippen molar-refractivity contribution in [3.8, 4) is 0 Å². The van der Waals surface area contributed by atoms with Gasteiger partial charge in [0.05, 0.1) is 6.04 Å². The van der Waals surface area contributed by atoms with Gasteiger partial charge in [0.2, 0.25) is 5.91 Å². The maximum absolute atomic E-state index is 12.8. The summed E-state index contributed by atoms with van der Waals surface area (Å²) in [5.74, 6) is 1.08. The lowest BCUT2D eigenvalue weighted by atomic mass is 10.0. The molecule has 0 saturated carbocycles. The molecule has 1 fully saturated rings. The van der Waals surface area contributed by atoms with Crippen LogP contribution in [0.4, 0.5) is 0 Å². The molecule has 0 spiro atoms. The number of rotatable bonds is 4. The van der Waals surface area contributed by atoms with Crippen LogP contribution in [0.1, 0.15) is 24.9 Å². The summed E-state index contributed by atoms with van der Waals surface area (Å²) in [6.45, 7) is 3.37. The molecule has 0 bridgehead atoms. The number of carbonyl (C=O) groups excluding carboxylic acids is 1. The van der Waals surface area contributed by atoms with Crippen molar-refractivity contribution in [1.29, 1.82) is 0 Å². The molecule has 126 valence electrons. The summed E-state index contributed by atoms with van der Waals surface area (Å²) in [4.78, 5) is 26.6. The van der Waals surface area contributed by atoms with Gasteiger partial charge in [-0.05, 0) is 11.6 Å². The van der Waals surface area contributed by atoms with Crippen LogP contribution < -0.4 is 5.56 Å². The topological polar surface area (TPSA) is 42.3 Å². The van der Waals surface area contributed by atoms with E-state index in [0.29, 0.717) is 18.2 Å². The summed E-state index contributed by atoms with van der Waals surface area (Å²) in [5.41, 5.74) is 1.12. The summed E-state index contributed by atoms with van der Waals surface area (Å²) in [7, 11) is 0. The van der Waals surface area contributed by atoms with E-state index in [2.05, 4.69) is 19.1 Å². The largest absolute Gasteiger partial charge is 0.334 e. The van der Waals surface area contributed by atoms with E-state index in [1.807, 2.05) is 40.9 Å². The molecule has 1 amide bonds. The molecule has 2 aromatic rings. The average Bonchev–Trinajstić information content (AvgIpc) is 2.61. The molecule has 3 rings (SSSR count). The second-order valence-electron chi connectivity index (χ2n) is 6.00. The highest BCUT2D eigenvalue weighted by Gasteiger charge is 2.33. The lowest BCUT2D eigenvalue weighted by molar-refractivity contribution is -0.133. The van der Waals surface area contributed by atoms with Gasteiger partial charge in [0, 0.05) is 42.8 Å². The summed E-state index contributed by atoms with van der Waals surface area (Å²) >= 11 is 1.91. The maximum Gasteiger partial charge on any atom is 0.250 e. The van der Waals surface area contributed by atoms with E-state index in [1.165, 1.54) is 11.6 Å². The summed E-state index contributed by atoms with van der Waals surface area (Å²) in [6, 6.07) is 15.4. The molecule has 1 saturated heterocycles. The third-order valence-electron chi connectivity index (χ3n) is 4.42. The Morgan fingerprint density at radius 2 is 1.92 bits per heavy atom. The molecule has 2 heterocycles. The third-order valence-corrected chi connectivity index (χ3v) is 5.62. The van der Waals surface area contributed by atoms with Crippen LogP contribution in [0.2, 0.25) is 0 Å². The standard InChI is InChI=1S/C19H22N2O2S/c1-15-19(16-7-3-2-4-8-16)21(13-14-24-15)18(23)10-12-20-11-6-5-9-17(20)22/h2-9,11,15,19H,10,12-14H2,1H3/t15-,19-/m1/s1. The molecular weight excluding hydrogens is 320 g/mol.